The van der Waals surface area contributed by atoms with Crippen molar-refractivity contribution in [3.63, 3.8) is 0 Å². The smallest absolute Gasteiger partial charge is 0.164 e. The fourth-order valence-electron chi connectivity index (χ4n) is 1.49. The normalized spacial score (nSPS) is 15.1. The molecule has 0 atom stereocenters. The first-order chi connectivity index (χ1) is 7.97. The van der Waals surface area contributed by atoms with Gasteiger partial charge in [-0.25, -0.2) is 33.7 Å². The lowest BCUT2D eigenvalue weighted by molar-refractivity contribution is 0.566. The van der Waals surface area contributed by atoms with E-state index in [2.05, 4.69) is 0 Å². The van der Waals surface area contributed by atoms with Crippen molar-refractivity contribution in [3.05, 3.63) is 0 Å². The molecular formula is C7H16O8S4. The van der Waals surface area contributed by atoms with Crippen LogP contribution in [-0.4, -0.2) is 67.9 Å². The van der Waals surface area contributed by atoms with Gasteiger partial charge in [-0.1, -0.05) is 0 Å². The van der Waals surface area contributed by atoms with E-state index < -0.39 is 54.9 Å². The second kappa shape index (κ2) is 5.30. The van der Waals surface area contributed by atoms with Crippen LogP contribution in [0.2, 0.25) is 0 Å². The Morgan fingerprint density at radius 3 is 0.789 bits per heavy atom. The summed E-state index contributed by atoms with van der Waals surface area (Å²) in [6, 6.07) is 0. The van der Waals surface area contributed by atoms with Crippen molar-refractivity contribution < 1.29 is 33.7 Å². The van der Waals surface area contributed by atoms with Crippen molar-refractivity contribution in [3.8, 4) is 0 Å². The summed E-state index contributed by atoms with van der Waals surface area (Å²) in [7, 11) is -16.6. The summed E-state index contributed by atoms with van der Waals surface area (Å²) < 4.78 is 87.0. The van der Waals surface area contributed by atoms with E-state index in [0.717, 1.165) is 0 Å². The van der Waals surface area contributed by atoms with Gasteiger partial charge in [-0.2, -0.15) is 0 Å². The number of rotatable bonds is 6. The topological polar surface area (TPSA) is 137 Å². The van der Waals surface area contributed by atoms with Crippen LogP contribution in [0.15, 0.2) is 0 Å². The molecule has 0 saturated heterocycles. The zero-order valence-electron chi connectivity index (χ0n) is 10.8. The zero-order valence-corrected chi connectivity index (χ0v) is 14.0. The molecule has 0 bridgehead atoms. The third-order valence-corrected chi connectivity index (χ3v) is 11.1. The number of hydrogen-bond donors (Lipinski definition) is 0. The average Bonchev–Trinajstić information content (AvgIpc) is 1.91. The van der Waals surface area contributed by atoms with Crippen LogP contribution in [0.5, 0.6) is 0 Å². The molecule has 0 unspecified atom stereocenters. The van der Waals surface area contributed by atoms with Gasteiger partial charge in [0.2, 0.25) is 0 Å². The molecule has 0 spiro atoms. The molecule has 0 saturated carbocycles. The molecule has 8 nitrogen and oxygen atoms in total. The predicted octanol–water partition coefficient (Wildman–Crippen LogP) is -1.79. The maximum Gasteiger partial charge on any atom is 0.164 e. The van der Waals surface area contributed by atoms with Crippen LogP contribution >= 0.6 is 0 Å². The van der Waals surface area contributed by atoms with Crippen molar-refractivity contribution >= 4 is 39.3 Å². The molecule has 0 aromatic heterocycles. The Labute approximate surface area is 113 Å². The molecule has 0 N–H and O–H groups in total. The van der Waals surface area contributed by atoms with E-state index >= 15 is 0 Å². The standard InChI is InChI=1S/C7H16O8S4/c1-16(8,9)6(17(2,10)11)5-7(18(3,12)13)19(4,14)15/h6-7H,5H2,1-4H3. The summed E-state index contributed by atoms with van der Waals surface area (Å²) in [6.45, 7) is 0. The number of hydrogen-bond acceptors (Lipinski definition) is 8. The summed E-state index contributed by atoms with van der Waals surface area (Å²) in [5.41, 5.74) is 0. The van der Waals surface area contributed by atoms with Crippen LogP contribution in [0.1, 0.15) is 6.42 Å². The maximum absolute atomic E-state index is 11.4. The van der Waals surface area contributed by atoms with Gasteiger partial charge in [0.25, 0.3) is 0 Å². The molecule has 116 valence electrons. The first-order valence-electron chi connectivity index (χ1n) is 4.73. The second-order valence-electron chi connectivity index (χ2n) is 4.41. The molecule has 0 aliphatic rings. The van der Waals surface area contributed by atoms with Crippen molar-refractivity contribution in [2.75, 3.05) is 25.0 Å². The van der Waals surface area contributed by atoms with E-state index in [1.54, 1.807) is 0 Å². The van der Waals surface area contributed by atoms with Gasteiger partial charge in [-0.15, -0.1) is 0 Å². The summed E-state index contributed by atoms with van der Waals surface area (Å²) in [5.74, 6) is 0. The highest BCUT2D eigenvalue weighted by atomic mass is 32.3. The van der Waals surface area contributed by atoms with E-state index in [9.17, 15) is 33.7 Å². The van der Waals surface area contributed by atoms with Gasteiger partial charge in [-0.05, 0) is 0 Å². The zero-order chi connectivity index (χ0) is 15.9. The average molecular weight is 356 g/mol. The van der Waals surface area contributed by atoms with Gasteiger partial charge in [0.05, 0.1) is 0 Å². The lowest BCUT2D eigenvalue weighted by Gasteiger charge is -2.18. The summed E-state index contributed by atoms with van der Waals surface area (Å²) in [6.07, 6.45) is 1.41. The molecule has 0 amide bonds. The molecule has 19 heavy (non-hydrogen) atoms. The molecule has 0 aromatic carbocycles. The lowest BCUT2D eigenvalue weighted by Crippen LogP contribution is -2.38. The van der Waals surface area contributed by atoms with Crippen molar-refractivity contribution in [1.82, 2.24) is 0 Å². The Morgan fingerprint density at radius 1 is 0.526 bits per heavy atom. The Morgan fingerprint density at radius 2 is 0.684 bits per heavy atom. The van der Waals surface area contributed by atoms with E-state index in [1.807, 2.05) is 0 Å². The van der Waals surface area contributed by atoms with Crippen molar-refractivity contribution in [2.45, 2.75) is 15.6 Å². The SMILES string of the molecule is CS(=O)(=O)C(CC(S(C)(=O)=O)S(C)(=O)=O)S(C)(=O)=O. The Hall–Kier alpha value is -0.200. The highest BCUT2D eigenvalue weighted by Gasteiger charge is 2.41. The first kappa shape index (κ1) is 18.8. The molecule has 0 aromatic rings. The summed E-state index contributed by atoms with van der Waals surface area (Å²) in [4.78, 5) is 0. The minimum atomic E-state index is -4.16. The number of sulfone groups is 4. The summed E-state index contributed by atoms with van der Waals surface area (Å²) >= 11 is 0. The Kier molecular flexibility index (Phi) is 5.24. The van der Waals surface area contributed by atoms with E-state index in [-0.39, 0.29) is 0 Å². The summed E-state index contributed by atoms with van der Waals surface area (Å²) in [5, 5.41) is 0. The van der Waals surface area contributed by atoms with Crippen LogP contribution in [0.3, 0.4) is 0 Å². The van der Waals surface area contributed by atoms with Crippen LogP contribution in [-0.2, 0) is 39.3 Å². The monoisotopic (exact) mass is 356 g/mol. The maximum atomic E-state index is 11.4. The molecule has 12 heteroatoms. The van der Waals surface area contributed by atoms with Gasteiger partial charge in [0.15, 0.2) is 48.5 Å². The Balaban J connectivity index is 5.98. The quantitative estimate of drug-likeness (QED) is 0.544. The Bertz CT molecular complexity index is 608. The molecule has 0 radical (unpaired) electrons. The molecule has 0 aliphatic heterocycles. The van der Waals surface area contributed by atoms with Crippen molar-refractivity contribution in [1.29, 1.82) is 0 Å². The third-order valence-electron chi connectivity index (χ3n) is 2.30. The van der Waals surface area contributed by atoms with Crippen LogP contribution < -0.4 is 0 Å². The first-order valence-corrected chi connectivity index (χ1v) is 12.5. The largest absolute Gasteiger partial charge is 0.228 e. The minimum Gasteiger partial charge on any atom is -0.228 e. The molecule has 0 heterocycles. The van der Waals surface area contributed by atoms with Crippen LogP contribution in [0.25, 0.3) is 0 Å². The van der Waals surface area contributed by atoms with E-state index in [0.29, 0.717) is 25.0 Å². The van der Waals surface area contributed by atoms with E-state index in [4.69, 9.17) is 0 Å². The lowest BCUT2D eigenvalue weighted by atomic mass is 10.5. The molecular weight excluding hydrogens is 340 g/mol. The highest BCUT2D eigenvalue weighted by molar-refractivity contribution is 8.10. The fraction of sp³-hybridized carbons (Fsp3) is 1.00. The van der Waals surface area contributed by atoms with Gasteiger partial charge in [0, 0.05) is 31.4 Å². The minimum absolute atomic E-state index is 0.611. The van der Waals surface area contributed by atoms with Gasteiger partial charge in [0.1, 0.15) is 0 Å². The second-order valence-corrected chi connectivity index (χ2v) is 13.9. The highest BCUT2D eigenvalue weighted by Crippen LogP contribution is 2.21. The van der Waals surface area contributed by atoms with Crippen LogP contribution in [0, 0.1) is 0 Å². The van der Waals surface area contributed by atoms with Gasteiger partial charge >= 0.3 is 0 Å². The molecule has 0 aliphatic carbocycles. The third kappa shape index (κ3) is 5.75. The fourth-order valence-corrected chi connectivity index (χ4v) is 9.23. The van der Waals surface area contributed by atoms with Crippen LogP contribution in [0.4, 0.5) is 0 Å². The van der Waals surface area contributed by atoms with E-state index in [1.165, 1.54) is 0 Å². The van der Waals surface area contributed by atoms with Crippen molar-refractivity contribution in [2.24, 2.45) is 0 Å². The molecule has 0 fully saturated rings. The predicted molar refractivity (Wildman–Crippen MR) is 71.6 cm³/mol. The van der Waals surface area contributed by atoms with Gasteiger partial charge < -0.3 is 0 Å². The van der Waals surface area contributed by atoms with Gasteiger partial charge in [-0.3, -0.25) is 0 Å². The molecule has 0 rings (SSSR count).